The maximum Gasteiger partial charge on any atom is 0.269 e. The summed E-state index contributed by atoms with van der Waals surface area (Å²) in [5.74, 6) is -0.363. The van der Waals surface area contributed by atoms with Crippen molar-refractivity contribution in [3.63, 3.8) is 0 Å². The van der Waals surface area contributed by atoms with E-state index in [1.54, 1.807) is 6.07 Å². The van der Waals surface area contributed by atoms with Crippen molar-refractivity contribution >= 4 is 27.5 Å². The second-order valence-electron chi connectivity index (χ2n) is 2.74. The van der Waals surface area contributed by atoms with Gasteiger partial charge in [0.2, 0.25) is 0 Å². The molecule has 0 radical (unpaired) electrons. The number of hydrogen-bond acceptors (Lipinski definition) is 2. The number of nitrogens with one attached hydrogen (secondary N) is 2. The highest BCUT2D eigenvalue weighted by molar-refractivity contribution is 9.08. The van der Waals surface area contributed by atoms with Gasteiger partial charge < -0.3 is 5.32 Å². The quantitative estimate of drug-likeness (QED) is 0.626. The molecule has 0 atom stereocenters. The molecule has 74 valence electrons. The summed E-state index contributed by atoms with van der Waals surface area (Å²) in [5, 5.41) is 10.7. The van der Waals surface area contributed by atoms with Crippen LogP contribution in [0.5, 0.6) is 0 Å². The molecule has 0 spiro atoms. The van der Waals surface area contributed by atoms with Gasteiger partial charge in [-0.05, 0) is 5.56 Å². The van der Waals surface area contributed by atoms with Gasteiger partial charge in [-0.3, -0.25) is 10.2 Å². The van der Waals surface area contributed by atoms with E-state index in [9.17, 15) is 4.79 Å². The molecule has 1 amide bonds. The average Bonchev–Trinajstić information content (AvgIpc) is 2.26. The predicted molar refractivity (Wildman–Crippen MR) is 60.0 cm³/mol. The van der Waals surface area contributed by atoms with E-state index in [-0.39, 0.29) is 11.6 Å². The molecule has 14 heavy (non-hydrogen) atoms. The van der Waals surface area contributed by atoms with Crippen LogP contribution in [0.2, 0.25) is 0 Å². The van der Waals surface area contributed by atoms with Gasteiger partial charge in [0, 0.05) is 17.9 Å². The molecule has 0 aliphatic carbocycles. The number of alkyl halides is 1. The molecule has 1 aromatic rings. The fourth-order valence-corrected chi connectivity index (χ4v) is 1.62. The zero-order valence-electron chi connectivity index (χ0n) is 7.80. The normalized spacial score (nSPS) is 9.57. The van der Waals surface area contributed by atoms with Gasteiger partial charge in [-0.25, -0.2) is 0 Å². The molecule has 0 bridgehead atoms. The van der Waals surface area contributed by atoms with E-state index in [0.717, 1.165) is 5.56 Å². The lowest BCUT2D eigenvalue weighted by molar-refractivity contribution is -0.114. The lowest BCUT2D eigenvalue weighted by atomic mass is 10.0. The Labute approximate surface area is 91.2 Å². The van der Waals surface area contributed by atoms with E-state index in [0.29, 0.717) is 10.9 Å². The number of likely N-dealkylation sites (N-methyl/N-ethyl adjacent to an activating group) is 1. The van der Waals surface area contributed by atoms with Crippen molar-refractivity contribution in [2.24, 2.45) is 0 Å². The van der Waals surface area contributed by atoms with Crippen LogP contribution in [0.15, 0.2) is 24.3 Å². The Morgan fingerprint density at radius 1 is 1.50 bits per heavy atom. The number of rotatable bonds is 3. The molecule has 0 unspecified atom stereocenters. The second kappa shape index (κ2) is 4.91. The van der Waals surface area contributed by atoms with Crippen molar-refractivity contribution in [2.75, 3.05) is 7.05 Å². The largest absolute Gasteiger partial charge is 0.354 e. The minimum absolute atomic E-state index is 0.00236. The predicted octanol–water partition coefficient (Wildman–Crippen LogP) is 1.70. The van der Waals surface area contributed by atoms with Crippen molar-refractivity contribution < 1.29 is 4.79 Å². The summed E-state index contributed by atoms with van der Waals surface area (Å²) in [6.07, 6.45) is 0. The van der Waals surface area contributed by atoms with E-state index < -0.39 is 0 Å². The standard InChI is InChI=1S/C10H11BrN2O/c1-13-10(14)9(12)8-5-3-2-4-7(8)6-11/h2-5,12H,6H2,1H3,(H,13,14). The summed E-state index contributed by atoms with van der Waals surface area (Å²) in [6.45, 7) is 0. The van der Waals surface area contributed by atoms with Crippen LogP contribution in [0.3, 0.4) is 0 Å². The Hall–Kier alpha value is -1.16. The van der Waals surface area contributed by atoms with Crippen LogP contribution < -0.4 is 5.32 Å². The third kappa shape index (κ3) is 2.20. The van der Waals surface area contributed by atoms with Crippen LogP contribution in [-0.2, 0) is 10.1 Å². The summed E-state index contributed by atoms with van der Waals surface area (Å²) >= 11 is 3.32. The second-order valence-corrected chi connectivity index (χ2v) is 3.31. The van der Waals surface area contributed by atoms with Crippen LogP contribution in [0.25, 0.3) is 0 Å². The third-order valence-electron chi connectivity index (χ3n) is 1.88. The lowest BCUT2D eigenvalue weighted by Crippen LogP contribution is -2.28. The number of carbonyl (C=O) groups excluding carboxylic acids is 1. The van der Waals surface area contributed by atoms with Gasteiger partial charge in [0.15, 0.2) is 0 Å². The molecule has 0 aliphatic heterocycles. The van der Waals surface area contributed by atoms with Gasteiger partial charge in [-0.1, -0.05) is 40.2 Å². The Bertz CT molecular complexity index is 363. The minimum Gasteiger partial charge on any atom is -0.354 e. The fraction of sp³-hybridized carbons (Fsp3) is 0.200. The first kappa shape index (κ1) is 10.9. The molecule has 2 N–H and O–H groups in total. The summed E-state index contributed by atoms with van der Waals surface area (Å²) in [5.41, 5.74) is 1.62. The van der Waals surface area contributed by atoms with E-state index in [1.807, 2.05) is 18.2 Å². The van der Waals surface area contributed by atoms with Crippen LogP contribution in [-0.4, -0.2) is 18.7 Å². The maximum atomic E-state index is 11.2. The number of carbonyl (C=O) groups is 1. The van der Waals surface area contributed by atoms with Gasteiger partial charge in [0.25, 0.3) is 5.91 Å². The number of amides is 1. The highest BCUT2D eigenvalue weighted by Gasteiger charge is 2.12. The molecular formula is C10H11BrN2O. The molecule has 0 aromatic heterocycles. The molecule has 0 fully saturated rings. The van der Waals surface area contributed by atoms with Crippen molar-refractivity contribution in [3.8, 4) is 0 Å². The van der Waals surface area contributed by atoms with Crippen LogP contribution in [0.1, 0.15) is 11.1 Å². The smallest absolute Gasteiger partial charge is 0.269 e. The summed E-state index contributed by atoms with van der Waals surface area (Å²) in [4.78, 5) is 11.2. The van der Waals surface area contributed by atoms with E-state index in [1.165, 1.54) is 7.05 Å². The molecular weight excluding hydrogens is 244 g/mol. The molecule has 0 saturated carbocycles. The van der Waals surface area contributed by atoms with Crippen LogP contribution >= 0.6 is 15.9 Å². The number of benzene rings is 1. The lowest BCUT2D eigenvalue weighted by Gasteiger charge is -2.06. The first-order valence-corrected chi connectivity index (χ1v) is 5.27. The average molecular weight is 255 g/mol. The van der Waals surface area contributed by atoms with Crippen molar-refractivity contribution in [2.45, 2.75) is 5.33 Å². The van der Waals surface area contributed by atoms with Crippen LogP contribution in [0, 0.1) is 5.41 Å². The van der Waals surface area contributed by atoms with Gasteiger partial charge in [-0.2, -0.15) is 0 Å². The van der Waals surface area contributed by atoms with Crippen LogP contribution in [0.4, 0.5) is 0 Å². The van der Waals surface area contributed by atoms with E-state index in [2.05, 4.69) is 21.2 Å². The molecule has 1 aromatic carbocycles. The molecule has 3 nitrogen and oxygen atoms in total. The maximum absolute atomic E-state index is 11.2. The van der Waals surface area contributed by atoms with Gasteiger partial charge in [0.05, 0.1) is 0 Å². The van der Waals surface area contributed by atoms with E-state index >= 15 is 0 Å². The number of halogens is 1. The summed E-state index contributed by atoms with van der Waals surface area (Å²) in [6, 6.07) is 7.37. The van der Waals surface area contributed by atoms with Crippen molar-refractivity contribution in [3.05, 3.63) is 35.4 Å². The first-order valence-electron chi connectivity index (χ1n) is 4.15. The van der Waals surface area contributed by atoms with Gasteiger partial charge in [-0.15, -0.1) is 0 Å². The van der Waals surface area contributed by atoms with Crippen molar-refractivity contribution in [1.82, 2.24) is 5.32 Å². The monoisotopic (exact) mass is 254 g/mol. The zero-order chi connectivity index (χ0) is 10.6. The Morgan fingerprint density at radius 3 is 2.71 bits per heavy atom. The fourth-order valence-electron chi connectivity index (χ4n) is 1.13. The van der Waals surface area contributed by atoms with Crippen molar-refractivity contribution in [1.29, 1.82) is 5.41 Å². The summed E-state index contributed by atoms with van der Waals surface area (Å²) in [7, 11) is 1.52. The SMILES string of the molecule is CNC(=O)C(=N)c1ccccc1CBr. The summed E-state index contributed by atoms with van der Waals surface area (Å²) < 4.78 is 0. The van der Waals surface area contributed by atoms with Gasteiger partial charge >= 0.3 is 0 Å². The zero-order valence-corrected chi connectivity index (χ0v) is 9.39. The minimum atomic E-state index is -0.363. The molecule has 1 rings (SSSR count). The Kier molecular flexibility index (Phi) is 3.83. The van der Waals surface area contributed by atoms with Gasteiger partial charge in [0.1, 0.15) is 5.71 Å². The molecule has 0 heterocycles. The Morgan fingerprint density at radius 2 is 2.14 bits per heavy atom. The first-order chi connectivity index (χ1) is 6.70. The molecule has 0 aliphatic rings. The number of hydrogen-bond donors (Lipinski definition) is 2. The Balaban J connectivity index is 3.06. The topological polar surface area (TPSA) is 53.0 Å². The molecule has 0 saturated heterocycles. The highest BCUT2D eigenvalue weighted by Crippen LogP contribution is 2.12. The molecule has 4 heteroatoms. The van der Waals surface area contributed by atoms with E-state index in [4.69, 9.17) is 5.41 Å². The highest BCUT2D eigenvalue weighted by atomic mass is 79.9. The third-order valence-corrected chi connectivity index (χ3v) is 2.49.